The van der Waals surface area contributed by atoms with Crippen LogP contribution < -0.4 is 5.32 Å². The number of ketones is 1. The van der Waals surface area contributed by atoms with Crippen molar-refractivity contribution >= 4 is 29.0 Å². The number of rotatable bonds is 4. The summed E-state index contributed by atoms with van der Waals surface area (Å²) in [4.78, 5) is 30.7. The predicted molar refractivity (Wildman–Crippen MR) is 108 cm³/mol. The molecular weight excluding hydrogens is 454 g/mol. The highest BCUT2D eigenvalue weighted by atomic mass is 35.5. The molecule has 3 N–H and O–H groups in total. The summed E-state index contributed by atoms with van der Waals surface area (Å²) in [6.07, 6.45) is -2.33. The van der Waals surface area contributed by atoms with Crippen molar-refractivity contribution in [1.29, 1.82) is 0 Å². The molecule has 1 atom stereocenters. The number of H-pyrrole nitrogens is 1. The number of anilines is 1. The molecule has 0 saturated carbocycles. The van der Waals surface area contributed by atoms with Crippen LogP contribution >= 0.6 is 11.6 Å². The van der Waals surface area contributed by atoms with E-state index >= 15 is 0 Å². The molecular formula is C21H14ClF4N3O3. The van der Waals surface area contributed by atoms with Gasteiger partial charge in [0.25, 0.3) is 0 Å². The lowest BCUT2D eigenvalue weighted by Gasteiger charge is -2.25. The van der Waals surface area contributed by atoms with Crippen molar-refractivity contribution in [2.45, 2.75) is 18.5 Å². The number of nitrogens with one attached hydrogen (secondary N) is 2. The zero-order chi connectivity index (χ0) is 23.2. The highest BCUT2D eigenvalue weighted by Crippen LogP contribution is 2.43. The van der Waals surface area contributed by atoms with Crippen molar-refractivity contribution in [2.24, 2.45) is 0 Å². The minimum atomic E-state index is -4.80. The molecule has 1 unspecified atom stereocenters. The SMILES string of the molecule is O=C(O)c1ccc(-c2c[nH]c3c2NCCC3C(=O)c2c(C(F)(F)F)ccnc2Cl)c(F)c1. The molecule has 1 aliphatic rings. The van der Waals surface area contributed by atoms with E-state index in [2.05, 4.69) is 15.3 Å². The van der Waals surface area contributed by atoms with Gasteiger partial charge in [0, 0.05) is 35.8 Å². The molecule has 6 nitrogen and oxygen atoms in total. The van der Waals surface area contributed by atoms with Crippen molar-refractivity contribution in [1.82, 2.24) is 9.97 Å². The van der Waals surface area contributed by atoms with Gasteiger partial charge < -0.3 is 15.4 Å². The first-order valence-electron chi connectivity index (χ1n) is 9.34. The molecule has 1 aromatic carbocycles. The Kier molecular flexibility index (Phi) is 5.41. The molecule has 2 aromatic heterocycles. The fraction of sp³-hybridized carbons (Fsp3) is 0.190. The third-order valence-corrected chi connectivity index (χ3v) is 5.56. The maximum Gasteiger partial charge on any atom is 0.417 e. The smallest absolute Gasteiger partial charge is 0.417 e. The van der Waals surface area contributed by atoms with Crippen LogP contribution in [0.3, 0.4) is 0 Å². The Morgan fingerprint density at radius 1 is 1.19 bits per heavy atom. The zero-order valence-electron chi connectivity index (χ0n) is 16.1. The molecule has 0 saturated heterocycles. The molecule has 3 aromatic rings. The largest absolute Gasteiger partial charge is 0.478 e. The number of aromatic amines is 1. The summed E-state index contributed by atoms with van der Waals surface area (Å²) < 4.78 is 55.0. The lowest BCUT2D eigenvalue weighted by Crippen LogP contribution is -2.25. The molecule has 1 aliphatic heterocycles. The van der Waals surface area contributed by atoms with Gasteiger partial charge in [0.2, 0.25) is 0 Å². The topological polar surface area (TPSA) is 95.1 Å². The Labute approximate surface area is 183 Å². The Bertz CT molecular complexity index is 1240. The normalized spacial score (nSPS) is 15.7. The molecule has 32 heavy (non-hydrogen) atoms. The van der Waals surface area contributed by atoms with Crippen molar-refractivity contribution in [3.8, 4) is 11.1 Å². The second-order valence-electron chi connectivity index (χ2n) is 7.15. The van der Waals surface area contributed by atoms with E-state index in [-0.39, 0.29) is 29.8 Å². The molecule has 166 valence electrons. The number of pyridine rings is 1. The first-order chi connectivity index (χ1) is 15.1. The highest BCUT2D eigenvalue weighted by molar-refractivity contribution is 6.33. The summed E-state index contributed by atoms with van der Waals surface area (Å²) in [5, 5.41) is 11.5. The lowest BCUT2D eigenvalue weighted by molar-refractivity contribution is -0.138. The number of carbonyl (C=O) groups is 2. The lowest BCUT2D eigenvalue weighted by atomic mass is 9.86. The number of aromatic nitrogens is 2. The number of halogens is 5. The standard InChI is InChI=1S/C21H14ClF4N3O3/c22-19-15(13(4-6-28-19)21(24,25)26)18(30)11-3-5-27-17-12(8-29-16(11)17)10-2-1-9(20(31)32)7-14(10)23/h1-2,4,6-8,11,27,29H,3,5H2,(H,31,32). The maximum absolute atomic E-state index is 14.6. The molecule has 11 heteroatoms. The Morgan fingerprint density at radius 3 is 2.59 bits per heavy atom. The van der Waals surface area contributed by atoms with E-state index in [1.54, 1.807) is 0 Å². The van der Waals surface area contributed by atoms with Gasteiger partial charge in [0.15, 0.2) is 5.78 Å². The van der Waals surface area contributed by atoms with Crippen molar-refractivity contribution < 1.29 is 32.3 Å². The van der Waals surface area contributed by atoms with Gasteiger partial charge in [0.05, 0.1) is 28.3 Å². The summed E-state index contributed by atoms with van der Waals surface area (Å²) in [6.45, 7) is 0.238. The van der Waals surface area contributed by atoms with Gasteiger partial charge in [-0.25, -0.2) is 14.2 Å². The van der Waals surface area contributed by atoms with Crippen molar-refractivity contribution in [3.63, 3.8) is 0 Å². The molecule has 4 rings (SSSR count). The minimum Gasteiger partial charge on any atom is -0.478 e. The van der Waals surface area contributed by atoms with Gasteiger partial charge in [-0.15, -0.1) is 0 Å². The fourth-order valence-corrected chi connectivity index (χ4v) is 4.06. The number of aromatic carboxylic acids is 1. The van der Waals surface area contributed by atoms with Gasteiger partial charge >= 0.3 is 12.1 Å². The van der Waals surface area contributed by atoms with Crippen LogP contribution in [-0.2, 0) is 6.18 Å². The van der Waals surface area contributed by atoms with Gasteiger partial charge in [-0.2, -0.15) is 13.2 Å². The molecule has 0 radical (unpaired) electrons. The van der Waals surface area contributed by atoms with Crippen LogP contribution in [-0.4, -0.2) is 33.4 Å². The fourth-order valence-electron chi connectivity index (χ4n) is 3.81. The Balaban J connectivity index is 1.77. The second kappa shape index (κ2) is 7.94. The third-order valence-electron chi connectivity index (χ3n) is 5.27. The number of carbonyl (C=O) groups excluding carboxylic acids is 1. The van der Waals surface area contributed by atoms with Crippen LogP contribution in [0.1, 0.15) is 44.3 Å². The van der Waals surface area contributed by atoms with Crippen molar-refractivity contribution in [2.75, 3.05) is 11.9 Å². The summed E-state index contributed by atoms with van der Waals surface area (Å²) in [6, 6.07) is 4.08. The van der Waals surface area contributed by atoms with E-state index in [9.17, 15) is 27.2 Å². The average Bonchev–Trinajstić information content (AvgIpc) is 3.16. The van der Waals surface area contributed by atoms with E-state index in [4.69, 9.17) is 16.7 Å². The number of fused-ring (bicyclic) bond motifs is 1. The van der Waals surface area contributed by atoms with Crippen LogP contribution in [0, 0.1) is 5.82 Å². The number of benzene rings is 1. The molecule has 0 aliphatic carbocycles. The molecule has 0 amide bonds. The summed E-state index contributed by atoms with van der Waals surface area (Å²) in [5.41, 5.74) is -1.10. The van der Waals surface area contributed by atoms with E-state index in [0.717, 1.165) is 12.3 Å². The van der Waals surface area contributed by atoms with Crippen LogP contribution in [0.25, 0.3) is 11.1 Å². The average molecular weight is 468 g/mol. The number of hydrogen-bond acceptors (Lipinski definition) is 4. The quantitative estimate of drug-likeness (QED) is 0.272. The van der Waals surface area contributed by atoms with Crippen molar-refractivity contribution in [3.05, 3.63) is 70.0 Å². The van der Waals surface area contributed by atoms with E-state index in [0.29, 0.717) is 17.3 Å². The Hall–Kier alpha value is -3.40. The molecule has 0 spiro atoms. The number of hydrogen-bond donors (Lipinski definition) is 3. The number of carboxylic acid groups (broad SMARTS) is 1. The maximum atomic E-state index is 14.6. The number of Topliss-reactive ketones (excluding diaryl/α,β-unsaturated/α-hetero) is 1. The highest BCUT2D eigenvalue weighted by Gasteiger charge is 2.40. The minimum absolute atomic E-state index is 0.0727. The zero-order valence-corrected chi connectivity index (χ0v) is 16.8. The molecule has 0 bridgehead atoms. The predicted octanol–water partition coefficient (Wildman–Crippen LogP) is 5.37. The van der Waals surface area contributed by atoms with Gasteiger partial charge in [-0.3, -0.25) is 4.79 Å². The van der Waals surface area contributed by atoms with Crippen LogP contribution in [0.2, 0.25) is 5.15 Å². The van der Waals surface area contributed by atoms with Gasteiger partial charge in [-0.1, -0.05) is 17.7 Å². The Morgan fingerprint density at radius 2 is 1.94 bits per heavy atom. The first-order valence-corrected chi connectivity index (χ1v) is 9.71. The second-order valence-corrected chi connectivity index (χ2v) is 7.50. The summed E-state index contributed by atoms with van der Waals surface area (Å²) >= 11 is 5.88. The molecule has 3 heterocycles. The van der Waals surface area contributed by atoms with E-state index in [1.165, 1.54) is 18.3 Å². The van der Waals surface area contributed by atoms with Crippen LogP contribution in [0.4, 0.5) is 23.2 Å². The van der Waals surface area contributed by atoms with Crippen LogP contribution in [0.15, 0.2) is 36.7 Å². The van der Waals surface area contributed by atoms with E-state index < -0.39 is 45.9 Å². The number of carboxylic acids is 1. The van der Waals surface area contributed by atoms with Gasteiger partial charge in [-0.05, 0) is 24.6 Å². The summed E-state index contributed by atoms with van der Waals surface area (Å²) in [5.74, 6) is -3.93. The monoisotopic (exact) mass is 467 g/mol. The van der Waals surface area contributed by atoms with E-state index in [1.807, 2.05) is 0 Å². The third kappa shape index (κ3) is 3.70. The van der Waals surface area contributed by atoms with Gasteiger partial charge in [0.1, 0.15) is 11.0 Å². The first kappa shape index (κ1) is 21.8. The van der Waals surface area contributed by atoms with Crippen LogP contribution in [0.5, 0.6) is 0 Å². The number of alkyl halides is 3. The molecule has 0 fully saturated rings. The number of nitrogens with zero attached hydrogens (tertiary/aromatic N) is 1. The summed E-state index contributed by atoms with van der Waals surface area (Å²) in [7, 11) is 0.